The molecule has 0 aliphatic carbocycles. The number of hydrazone groups is 1. The van der Waals surface area contributed by atoms with E-state index in [1.54, 1.807) is 10.9 Å². The highest BCUT2D eigenvalue weighted by atomic mass is 16.5. The van der Waals surface area contributed by atoms with Gasteiger partial charge in [-0.3, -0.25) is 4.79 Å². The lowest BCUT2D eigenvalue weighted by Crippen LogP contribution is -2.19. The van der Waals surface area contributed by atoms with Gasteiger partial charge in [-0.1, -0.05) is 29.5 Å². The Kier molecular flexibility index (Phi) is 5.36. The molecule has 25 heavy (non-hydrogen) atoms. The van der Waals surface area contributed by atoms with Crippen LogP contribution < -0.4 is 10.2 Å². The number of aromatic nitrogens is 3. The van der Waals surface area contributed by atoms with Crippen molar-refractivity contribution in [3.05, 3.63) is 54.1 Å². The van der Waals surface area contributed by atoms with E-state index in [9.17, 15) is 4.79 Å². The molecule has 0 atom stereocenters. The van der Waals surface area contributed by atoms with Gasteiger partial charge in [-0.2, -0.15) is 5.10 Å². The van der Waals surface area contributed by atoms with Gasteiger partial charge in [0.25, 0.3) is 0 Å². The predicted molar refractivity (Wildman–Crippen MR) is 95.5 cm³/mol. The van der Waals surface area contributed by atoms with E-state index in [1.807, 2.05) is 55.5 Å². The van der Waals surface area contributed by atoms with Crippen LogP contribution in [0.5, 0.6) is 5.75 Å². The Morgan fingerprint density at radius 2 is 2.04 bits per heavy atom. The molecule has 0 bridgehead atoms. The number of nitrogens with zero attached hydrogens (tertiary/aromatic N) is 4. The van der Waals surface area contributed by atoms with E-state index in [-0.39, 0.29) is 12.3 Å². The summed E-state index contributed by atoms with van der Waals surface area (Å²) in [6.07, 6.45) is 1.84. The third-order valence-electron chi connectivity index (χ3n) is 3.58. The fourth-order valence-corrected chi connectivity index (χ4v) is 2.39. The summed E-state index contributed by atoms with van der Waals surface area (Å²) in [7, 11) is 0. The van der Waals surface area contributed by atoms with Crippen molar-refractivity contribution in [3.8, 4) is 5.75 Å². The molecular formula is C18H19N5O2. The highest BCUT2D eigenvalue weighted by Gasteiger charge is 2.06. The molecule has 3 aromatic rings. The van der Waals surface area contributed by atoms with Gasteiger partial charge in [0.05, 0.1) is 24.9 Å². The van der Waals surface area contributed by atoms with Crippen molar-refractivity contribution in [3.63, 3.8) is 0 Å². The molecule has 0 spiro atoms. The lowest BCUT2D eigenvalue weighted by molar-refractivity contribution is -0.121. The van der Waals surface area contributed by atoms with Crippen LogP contribution in [0.4, 0.5) is 0 Å². The SMILES string of the molecule is CCOc1ccccc1C=NNC(=O)CCn1nnc2ccccc21. The van der Waals surface area contributed by atoms with Crippen molar-refractivity contribution in [2.24, 2.45) is 5.10 Å². The first-order valence-corrected chi connectivity index (χ1v) is 8.10. The van der Waals surface area contributed by atoms with E-state index in [1.165, 1.54) is 0 Å². The van der Waals surface area contributed by atoms with Crippen molar-refractivity contribution in [2.45, 2.75) is 19.9 Å². The number of nitrogens with one attached hydrogen (secondary N) is 1. The normalized spacial score (nSPS) is 11.1. The second-order valence-corrected chi connectivity index (χ2v) is 5.32. The molecule has 2 aromatic carbocycles. The smallest absolute Gasteiger partial charge is 0.241 e. The monoisotopic (exact) mass is 337 g/mol. The summed E-state index contributed by atoms with van der Waals surface area (Å²) in [6, 6.07) is 15.2. The molecule has 7 nitrogen and oxygen atoms in total. The lowest BCUT2D eigenvalue weighted by Gasteiger charge is -2.06. The fraction of sp³-hybridized carbons (Fsp3) is 0.222. The molecule has 0 fully saturated rings. The lowest BCUT2D eigenvalue weighted by atomic mass is 10.2. The van der Waals surface area contributed by atoms with Crippen LogP contribution >= 0.6 is 0 Å². The zero-order valence-electron chi connectivity index (χ0n) is 13.9. The topological polar surface area (TPSA) is 81.4 Å². The quantitative estimate of drug-likeness (QED) is 0.530. The van der Waals surface area contributed by atoms with E-state index in [2.05, 4.69) is 20.8 Å². The molecule has 0 aliphatic heterocycles. The van der Waals surface area contributed by atoms with Gasteiger partial charge in [-0.05, 0) is 31.2 Å². The molecule has 128 valence electrons. The summed E-state index contributed by atoms with van der Waals surface area (Å²) in [5.74, 6) is 0.543. The summed E-state index contributed by atoms with van der Waals surface area (Å²) in [4.78, 5) is 12.0. The summed E-state index contributed by atoms with van der Waals surface area (Å²) in [5.41, 5.74) is 5.06. The highest BCUT2D eigenvalue weighted by molar-refractivity contribution is 5.85. The zero-order valence-corrected chi connectivity index (χ0v) is 13.9. The van der Waals surface area contributed by atoms with Crippen molar-refractivity contribution < 1.29 is 9.53 Å². The Labute approximate surface area is 145 Å². The van der Waals surface area contributed by atoms with E-state index >= 15 is 0 Å². The number of benzene rings is 2. The first kappa shape index (κ1) is 16.6. The van der Waals surface area contributed by atoms with Gasteiger partial charge in [0.15, 0.2) is 0 Å². The molecule has 0 radical (unpaired) electrons. The van der Waals surface area contributed by atoms with Crippen LogP contribution in [0.1, 0.15) is 18.9 Å². The average Bonchev–Trinajstić information content (AvgIpc) is 3.05. The summed E-state index contributed by atoms with van der Waals surface area (Å²) < 4.78 is 7.22. The number of hydrogen-bond acceptors (Lipinski definition) is 5. The maximum atomic E-state index is 12.0. The van der Waals surface area contributed by atoms with Crippen LogP contribution in [0.2, 0.25) is 0 Å². The second kappa shape index (κ2) is 8.05. The van der Waals surface area contributed by atoms with Crippen LogP contribution in [-0.2, 0) is 11.3 Å². The Bertz CT molecular complexity index is 888. The molecule has 0 aliphatic rings. The molecule has 0 unspecified atom stereocenters. The van der Waals surface area contributed by atoms with Crippen LogP contribution in [0, 0.1) is 0 Å². The van der Waals surface area contributed by atoms with Crippen molar-refractivity contribution >= 4 is 23.2 Å². The maximum Gasteiger partial charge on any atom is 0.241 e. The van der Waals surface area contributed by atoms with E-state index in [0.717, 1.165) is 22.3 Å². The second-order valence-electron chi connectivity index (χ2n) is 5.32. The van der Waals surface area contributed by atoms with Gasteiger partial charge in [-0.25, -0.2) is 10.1 Å². The molecule has 0 saturated heterocycles. The summed E-state index contributed by atoms with van der Waals surface area (Å²) >= 11 is 0. The largest absolute Gasteiger partial charge is 0.493 e. The number of ether oxygens (including phenoxy) is 1. The summed E-state index contributed by atoms with van der Waals surface area (Å²) in [5, 5.41) is 12.1. The number of carbonyl (C=O) groups excluding carboxylic acids is 1. The number of fused-ring (bicyclic) bond motifs is 1. The average molecular weight is 337 g/mol. The number of para-hydroxylation sites is 2. The van der Waals surface area contributed by atoms with Gasteiger partial charge in [-0.15, -0.1) is 5.10 Å². The molecular weight excluding hydrogens is 318 g/mol. The van der Waals surface area contributed by atoms with Gasteiger partial charge in [0.2, 0.25) is 5.91 Å². The van der Waals surface area contributed by atoms with Gasteiger partial charge in [0, 0.05) is 12.0 Å². The van der Waals surface area contributed by atoms with Gasteiger partial charge >= 0.3 is 0 Å². The number of aryl methyl sites for hydroxylation is 1. The predicted octanol–water partition coefficient (Wildman–Crippen LogP) is 2.37. The zero-order chi connectivity index (χ0) is 17.5. The van der Waals surface area contributed by atoms with Crippen LogP contribution in [0.15, 0.2) is 53.6 Å². The van der Waals surface area contributed by atoms with Gasteiger partial charge in [0.1, 0.15) is 11.3 Å². The Morgan fingerprint density at radius 3 is 2.92 bits per heavy atom. The minimum absolute atomic E-state index is 0.190. The highest BCUT2D eigenvalue weighted by Crippen LogP contribution is 2.15. The molecule has 3 rings (SSSR count). The summed E-state index contributed by atoms with van der Waals surface area (Å²) in [6.45, 7) is 2.93. The fourth-order valence-electron chi connectivity index (χ4n) is 2.39. The van der Waals surface area contributed by atoms with Crippen LogP contribution in [0.3, 0.4) is 0 Å². The minimum atomic E-state index is -0.190. The van der Waals surface area contributed by atoms with Crippen LogP contribution in [0.25, 0.3) is 11.0 Å². The minimum Gasteiger partial charge on any atom is -0.493 e. The molecule has 1 N–H and O–H groups in total. The van der Waals surface area contributed by atoms with Crippen molar-refractivity contribution in [1.29, 1.82) is 0 Å². The molecule has 7 heteroatoms. The van der Waals surface area contributed by atoms with E-state index in [4.69, 9.17) is 4.74 Å². The standard InChI is InChI=1S/C18H19N5O2/c1-2-25-17-10-6-3-7-14(17)13-19-21-18(24)11-12-23-16-9-5-4-8-15(16)20-22-23/h3-10,13H,2,11-12H2,1H3,(H,21,24). The third kappa shape index (κ3) is 4.20. The molecule has 1 aromatic heterocycles. The first-order chi connectivity index (χ1) is 12.3. The molecule has 0 saturated carbocycles. The Balaban J connectivity index is 1.55. The number of amides is 1. The molecule has 1 heterocycles. The van der Waals surface area contributed by atoms with E-state index in [0.29, 0.717) is 13.2 Å². The first-order valence-electron chi connectivity index (χ1n) is 8.10. The van der Waals surface area contributed by atoms with Crippen LogP contribution in [-0.4, -0.2) is 33.7 Å². The van der Waals surface area contributed by atoms with Gasteiger partial charge < -0.3 is 4.74 Å². The maximum absolute atomic E-state index is 12.0. The third-order valence-corrected chi connectivity index (χ3v) is 3.58. The Hall–Kier alpha value is -3.22. The Morgan fingerprint density at radius 1 is 1.24 bits per heavy atom. The number of carbonyl (C=O) groups is 1. The molecule has 1 amide bonds. The number of hydrogen-bond donors (Lipinski definition) is 1. The number of rotatable bonds is 7. The van der Waals surface area contributed by atoms with Crippen molar-refractivity contribution in [1.82, 2.24) is 20.4 Å². The van der Waals surface area contributed by atoms with E-state index < -0.39 is 0 Å². The van der Waals surface area contributed by atoms with Crippen molar-refractivity contribution in [2.75, 3.05) is 6.61 Å².